The minimum atomic E-state index is -1.24. The third-order valence-electron chi connectivity index (χ3n) is 3.92. The van der Waals surface area contributed by atoms with Gasteiger partial charge in [-0.1, -0.05) is 0 Å². The minimum absolute atomic E-state index is 0.0676. The van der Waals surface area contributed by atoms with Crippen molar-refractivity contribution in [2.75, 3.05) is 19.6 Å². The number of likely N-dealkylation sites (N-methyl/N-ethyl adjacent to an activating group) is 1. The normalized spacial score (nSPS) is 16.5. The van der Waals surface area contributed by atoms with Crippen LogP contribution in [0.2, 0.25) is 0 Å². The molecule has 0 bridgehead atoms. The molecule has 0 aliphatic carbocycles. The molecule has 0 aromatic heterocycles. The van der Waals surface area contributed by atoms with E-state index in [2.05, 4.69) is 5.32 Å². The van der Waals surface area contributed by atoms with Crippen LogP contribution in [-0.2, 0) is 9.59 Å². The number of likely N-dealkylation sites (tertiary alicyclic amines) is 1. The molecule has 0 unspecified atom stereocenters. The van der Waals surface area contributed by atoms with E-state index in [0.717, 1.165) is 0 Å². The molecule has 0 aromatic carbocycles. The van der Waals surface area contributed by atoms with Gasteiger partial charge in [0.2, 0.25) is 5.91 Å². The number of carboxylic acids is 1. The van der Waals surface area contributed by atoms with Crippen LogP contribution in [-0.4, -0.2) is 64.0 Å². The molecule has 120 valence electrons. The van der Waals surface area contributed by atoms with Gasteiger partial charge in [0, 0.05) is 32.6 Å². The molecule has 1 heterocycles. The smallest absolute Gasteiger partial charge is 0.329 e. The van der Waals surface area contributed by atoms with Crippen molar-refractivity contribution in [3.05, 3.63) is 0 Å². The monoisotopic (exact) mass is 299 g/mol. The van der Waals surface area contributed by atoms with E-state index in [0.29, 0.717) is 32.5 Å². The van der Waals surface area contributed by atoms with Crippen LogP contribution >= 0.6 is 0 Å². The number of aliphatic carboxylic acids is 1. The first kappa shape index (κ1) is 17.3. The summed E-state index contributed by atoms with van der Waals surface area (Å²) in [5.41, 5.74) is -1.24. The van der Waals surface area contributed by atoms with E-state index >= 15 is 0 Å². The highest BCUT2D eigenvalue weighted by Crippen LogP contribution is 2.19. The molecule has 0 spiro atoms. The molecule has 0 atom stereocenters. The molecule has 0 aromatic rings. The van der Waals surface area contributed by atoms with Gasteiger partial charge >= 0.3 is 12.0 Å². The Morgan fingerprint density at radius 1 is 1.29 bits per heavy atom. The van der Waals surface area contributed by atoms with Gasteiger partial charge in [-0.05, 0) is 33.6 Å². The third kappa shape index (κ3) is 4.09. The Morgan fingerprint density at radius 3 is 2.19 bits per heavy atom. The van der Waals surface area contributed by atoms with Crippen LogP contribution in [0, 0.1) is 0 Å². The Balaban J connectivity index is 2.67. The molecule has 7 heteroatoms. The van der Waals surface area contributed by atoms with Crippen molar-refractivity contribution in [2.45, 2.75) is 52.1 Å². The second-order valence-electron chi connectivity index (χ2n) is 5.85. The number of nitrogens with one attached hydrogen (secondary N) is 1. The van der Waals surface area contributed by atoms with E-state index in [-0.39, 0.29) is 18.0 Å². The maximum Gasteiger partial charge on any atom is 0.329 e. The summed E-state index contributed by atoms with van der Waals surface area (Å²) in [5.74, 6) is -1.09. The number of carboxylic acid groups (broad SMARTS) is 1. The summed E-state index contributed by atoms with van der Waals surface area (Å²) >= 11 is 0. The van der Waals surface area contributed by atoms with Crippen molar-refractivity contribution in [1.29, 1.82) is 0 Å². The lowest BCUT2D eigenvalue weighted by molar-refractivity contribution is -0.147. The average molecular weight is 299 g/mol. The zero-order valence-corrected chi connectivity index (χ0v) is 13.2. The maximum atomic E-state index is 12.5. The number of rotatable bonds is 4. The van der Waals surface area contributed by atoms with Crippen LogP contribution in [0.15, 0.2) is 0 Å². The molecular formula is C14H25N3O4. The van der Waals surface area contributed by atoms with Gasteiger partial charge in [0.1, 0.15) is 5.54 Å². The second-order valence-corrected chi connectivity index (χ2v) is 5.85. The molecule has 2 N–H and O–H groups in total. The van der Waals surface area contributed by atoms with Crippen LogP contribution < -0.4 is 5.32 Å². The van der Waals surface area contributed by atoms with Gasteiger partial charge in [-0.3, -0.25) is 4.79 Å². The lowest BCUT2D eigenvalue weighted by Crippen LogP contribution is -2.58. The average Bonchev–Trinajstić information content (AvgIpc) is 2.39. The summed E-state index contributed by atoms with van der Waals surface area (Å²) in [6, 6.07) is -0.166. The van der Waals surface area contributed by atoms with Crippen LogP contribution in [0.4, 0.5) is 4.79 Å². The van der Waals surface area contributed by atoms with E-state index < -0.39 is 11.5 Å². The van der Waals surface area contributed by atoms with E-state index in [1.165, 1.54) is 25.7 Å². The molecule has 1 saturated heterocycles. The summed E-state index contributed by atoms with van der Waals surface area (Å²) in [6.45, 7) is 7.69. The first-order chi connectivity index (χ1) is 9.70. The van der Waals surface area contributed by atoms with Crippen molar-refractivity contribution in [1.82, 2.24) is 15.1 Å². The van der Waals surface area contributed by atoms with Gasteiger partial charge in [-0.15, -0.1) is 0 Å². The zero-order chi connectivity index (χ0) is 16.2. The molecule has 1 rings (SSSR count). The molecule has 1 aliphatic heterocycles. The molecule has 0 saturated carbocycles. The van der Waals surface area contributed by atoms with E-state index in [1.807, 2.05) is 0 Å². The van der Waals surface area contributed by atoms with Crippen LogP contribution in [0.25, 0.3) is 0 Å². The zero-order valence-electron chi connectivity index (χ0n) is 13.2. The standard InChI is InChI=1S/C14H25N3O4/c1-5-17(14(3,4)12(19)20)13(21)16-8-6-11(7-9-16)15-10(2)18/h11H,5-9H2,1-4H3,(H,15,18)(H,19,20). The maximum absolute atomic E-state index is 12.5. The fourth-order valence-corrected chi connectivity index (χ4v) is 2.56. The van der Waals surface area contributed by atoms with Gasteiger partial charge < -0.3 is 20.2 Å². The Bertz CT molecular complexity index is 414. The highest BCUT2D eigenvalue weighted by molar-refractivity contribution is 5.85. The van der Waals surface area contributed by atoms with Crippen molar-refractivity contribution < 1.29 is 19.5 Å². The minimum Gasteiger partial charge on any atom is -0.480 e. The van der Waals surface area contributed by atoms with Crippen molar-refractivity contribution in [2.24, 2.45) is 0 Å². The number of nitrogens with zero attached hydrogens (tertiary/aromatic N) is 2. The van der Waals surface area contributed by atoms with Gasteiger partial charge in [0.05, 0.1) is 0 Å². The quantitative estimate of drug-likeness (QED) is 0.806. The lowest BCUT2D eigenvalue weighted by atomic mass is 10.0. The first-order valence-corrected chi connectivity index (χ1v) is 7.27. The van der Waals surface area contributed by atoms with Crippen molar-refractivity contribution in [3.63, 3.8) is 0 Å². The van der Waals surface area contributed by atoms with Gasteiger partial charge in [0.15, 0.2) is 0 Å². The highest BCUT2D eigenvalue weighted by atomic mass is 16.4. The van der Waals surface area contributed by atoms with Crippen molar-refractivity contribution >= 4 is 17.9 Å². The predicted molar refractivity (Wildman–Crippen MR) is 77.9 cm³/mol. The molecular weight excluding hydrogens is 274 g/mol. The fraction of sp³-hybridized carbons (Fsp3) is 0.786. The van der Waals surface area contributed by atoms with Gasteiger partial charge in [0.25, 0.3) is 0 Å². The molecule has 7 nitrogen and oxygen atoms in total. The summed E-state index contributed by atoms with van der Waals surface area (Å²) < 4.78 is 0. The van der Waals surface area contributed by atoms with Crippen molar-refractivity contribution in [3.8, 4) is 0 Å². The molecule has 3 amide bonds. The first-order valence-electron chi connectivity index (χ1n) is 7.27. The Morgan fingerprint density at radius 2 is 1.81 bits per heavy atom. The number of urea groups is 1. The lowest BCUT2D eigenvalue weighted by Gasteiger charge is -2.40. The SMILES string of the molecule is CCN(C(=O)N1CCC(NC(C)=O)CC1)C(C)(C)C(=O)O. The number of amides is 3. The largest absolute Gasteiger partial charge is 0.480 e. The topological polar surface area (TPSA) is 90.0 Å². The van der Waals surface area contributed by atoms with E-state index in [1.54, 1.807) is 11.8 Å². The van der Waals surface area contributed by atoms with Crippen LogP contribution in [0.1, 0.15) is 40.5 Å². The summed E-state index contributed by atoms with van der Waals surface area (Å²) in [5, 5.41) is 12.1. The summed E-state index contributed by atoms with van der Waals surface area (Å²) in [7, 11) is 0. The van der Waals surface area contributed by atoms with Gasteiger partial charge in [-0.25, -0.2) is 9.59 Å². The van der Waals surface area contributed by atoms with Gasteiger partial charge in [-0.2, -0.15) is 0 Å². The number of piperidine rings is 1. The number of carbonyl (C=O) groups is 3. The Labute approximate surface area is 125 Å². The van der Waals surface area contributed by atoms with E-state index in [4.69, 9.17) is 0 Å². The number of hydrogen-bond donors (Lipinski definition) is 2. The van der Waals surface area contributed by atoms with Crippen LogP contribution in [0.5, 0.6) is 0 Å². The highest BCUT2D eigenvalue weighted by Gasteiger charge is 2.39. The Hall–Kier alpha value is -1.79. The molecule has 0 radical (unpaired) electrons. The fourth-order valence-electron chi connectivity index (χ4n) is 2.56. The summed E-state index contributed by atoms with van der Waals surface area (Å²) in [6.07, 6.45) is 1.38. The third-order valence-corrected chi connectivity index (χ3v) is 3.92. The Kier molecular flexibility index (Phi) is 5.57. The number of hydrogen-bond acceptors (Lipinski definition) is 3. The molecule has 21 heavy (non-hydrogen) atoms. The second kappa shape index (κ2) is 6.78. The summed E-state index contributed by atoms with van der Waals surface area (Å²) in [4.78, 5) is 37.9. The molecule has 1 aliphatic rings. The molecule has 1 fully saturated rings. The van der Waals surface area contributed by atoms with Crippen LogP contribution in [0.3, 0.4) is 0 Å². The predicted octanol–water partition coefficient (Wildman–Crippen LogP) is 0.892. The number of carbonyl (C=O) groups excluding carboxylic acids is 2. The van der Waals surface area contributed by atoms with E-state index in [9.17, 15) is 19.5 Å².